The first-order chi connectivity index (χ1) is 23.3. The van der Waals surface area contributed by atoms with Crippen LogP contribution in [0.15, 0.2) is 73.8 Å². The fourth-order valence-electron chi connectivity index (χ4n) is 7.19. The van der Waals surface area contributed by atoms with Crippen molar-refractivity contribution in [3.05, 3.63) is 90.5 Å². The zero-order chi connectivity index (χ0) is 33.7. The number of rotatable bonds is 18. The summed E-state index contributed by atoms with van der Waals surface area (Å²) >= 11 is 5.63. The van der Waals surface area contributed by atoms with Crippen molar-refractivity contribution in [1.82, 2.24) is 0 Å². The summed E-state index contributed by atoms with van der Waals surface area (Å²) in [7, 11) is 0. The Morgan fingerprint density at radius 1 is 0.812 bits per heavy atom. The summed E-state index contributed by atoms with van der Waals surface area (Å²) in [5.74, 6) is -0.165. The summed E-state index contributed by atoms with van der Waals surface area (Å²) in [4.78, 5) is 13.2. The molecule has 1 aliphatic rings. The van der Waals surface area contributed by atoms with Crippen LogP contribution in [0.1, 0.15) is 101 Å². The number of fused-ring (bicyclic) bond motifs is 6. The van der Waals surface area contributed by atoms with Crippen molar-refractivity contribution in [3.63, 3.8) is 0 Å². The second-order valence-electron chi connectivity index (χ2n) is 13.4. The molecule has 1 atom stereocenters. The third-order valence-electron chi connectivity index (χ3n) is 9.76. The molecule has 252 valence electrons. The lowest BCUT2D eigenvalue weighted by Gasteiger charge is -2.27. The van der Waals surface area contributed by atoms with Gasteiger partial charge in [-0.3, -0.25) is 4.79 Å². The maximum atomic E-state index is 11.8. The van der Waals surface area contributed by atoms with Crippen LogP contribution >= 0.6 is 34.0 Å². The van der Waals surface area contributed by atoms with Crippen LogP contribution in [0.2, 0.25) is 0 Å². The fourth-order valence-corrected chi connectivity index (χ4v) is 11.1. The summed E-state index contributed by atoms with van der Waals surface area (Å²) in [6, 6.07) is 18.8. The topological polar surface area (TPSA) is 35.5 Å². The normalized spacial score (nSPS) is 15.2. The highest BCUT2D eigenvalue weighted by Crippen LogP contribution is 2.53. The second kappa shape index (κ2) is 15.6. The van der Waals surface area contributed by atoms with Gasteiger partial charge in [-0.15, -0.1) is 22.7 Å². The van der Waals surface area contributed by atoms with Crippen LogP contribution < -0.4 is 4.74 Å². The quantitative estimate of drug-likeness (QED) is 0.0520. The number of benzene rings is 2. The van der Waals surface area contributed by atoms with Gasteiger partial charge in [0.05, 0.1) is 20.7 Å². The summed E-state index contributed by atoms with van der Waals surface area (Å²) in [5, 5.41) is 1.04. The molecule has 1 unspecified atom stereocenters. The van der Waals surface area contributed by atoms with Gasteiger partial charge in [-0.05, 0) is 78.3 Å². The zero-order valence-electron chi connectivity index (χ0n) is 28.7. The van der Waals surface area contributed by atoms with E-state index in [0.717, 1.165) is 37.4 Å². The number of unbranched alkanes of at least 4 members (excludes halogenated alkanes) is 7. The van der Waals surface area contributed by atoms with Gasteiger partial charge in [-0.1, -0.05) is 119 Å². The number of hydrogen-bond acceptors (Lipinski definition) is 6. The SMILES string of the molecule is C=CC(C=C)OC(=O)CCCCCCCCCCOc1cc2sc3cc(-c4ccc5c(c4)C(C)(CCC)c4cc(C)ccc4-5)sc3c2s1. The molecule has 3 heterocycles. The Hall–Kier alpha value is -3.19. The molecule has 1 aliphatic carbocycles. The highest BCUT2D eigenvalue weighted by atomic mass is 32.1. The van der Waals surface area contributed by atoms with E-state index >= 15 is 0 Å². The molecule has 6 rings (SSSR count). The van der Waals surface area contributed by atoms with E-state index < -0.39 is 0 Å². The van der Waals surface area contributed by atoms with E-state index in [1.54, 1.807) is 23.5 Å². The van der Waals surface area contributed by atoms with Crippen molar-refractivity contribution >= 4 is 58.8 Å². The van der Waals surface area contributed by atoms with Gasteiger partial charge in [0, 0.05) is 27.5 Å². The van der Waals surface area contributed by atoms with Gasteiger partial charge in [0.2, 0.25) is 0 Å². The maximum Gasteiger partial charge on any atom is 0.306 e. The van der Waals surface area contributed by atoms with E-state index in [9.17, 15) is 4.79 Å². The van der Waals surface area contributed by atoms with Gasteiger partial charge in [-0.25, -0.2) is 0 Å². The molecule has 0 spiro atoms. The molecule has 0 amide bonds. The first-order valence-electron chi connectivity index (χ1n) is 17.6. The number of carbonyl (C=O) groups is 1. The number of carbonyl (C=O) groups excluding carboxylic acids is 1. The first kappa shape index (κ1) is 34.7. The number of ether oxygens (including phenoxy) is 2. The minimum Gasteiger partial charge on any atom is -0.484 e. The highest BCUT2D eigenvalue weighted by molar-refractivity contribution is 7.39. The molecule has 3 nitrogen and oxygen atoms in total. The molecular weight excluding hydrogens is 649 g/mol. The number of esters is 1. The molecule has 0 N–H and O–H groups in total. The van der Waals surface area contributed by atoms with Gasteiger partial charge in [0.25, 0.3) is 0 Å². The largest absolute Gasteiger partial charge is 0.484 e. The van der Waals surface area contributed by atoms with Crippen LogP contribution in [0.4, 0.5) is 0 Å². The Morgan fingerprint density at radius 3 is 2.19 bits per heavy atom. The van der Waals surface area contributed by atoms with E-state index in [1.165, 1.54) is 95.6 Å². The standard InChI is InChI=1S/C42H48O3S3/c1-6-22-42(5)33-24-28(4)18-20-31(33)32-21-19-29(25-34(32)42)35-26-36-40(47-35)41-37(46-36)27-39(48-41)44-23-16-14-12-10-9-11-13-15-17-38(43)45-30(7-2)8-3/h7-8,18-21,24-27,30H,2-3,6,9-17,22-23H2,1,4-5H3. The molecule has 0 fully saturated rings. The third kappa shape index (κ3) is 7.36. The molecule has 3 aromatic heterocycles. The molecule has 5 aromatic rings. The highest BCUT2D eigenvalue weighted by Gasteiger charge is 2.38. The minimum absolute atomic E-state index is 0.0592. The lowest BCUT2D eigenvalue weighted by Crippen LogP contribution is -2.20. The van der Waals surface area contributed by atoms with E-state index in [1.807, 2.05) is 22.7 Å². The van der Waals surface area contributed by atoms with Crippen LogP contribution in [0.3, 0.4) is 0 Å². The molecule has 0 bridgehead atoms. The molecule has 48 heavy (non-hydrogen) atoms. The third-order valence-corrected chi connectivity index (χ3v) is 13.5. The predicted octanol–water partition coefficient (Wildman–Crippen LogP) is 13.4. The molecular formula is C42H48O3S3. The van der Waals surface area contributed by atoms with Gasteiger partial charge in [0.15, 0.2) is 5.06 Å². The van der Waals surface area contributed by atoms with Crippen LogP contribution in [-0.4, -0.2) is 18.7 Å². The van der Waals surface area contributed by atoms with Gasteiger partial charge in [0.1, 0.15) is 6.10 Å². The van der Waals surface area contributed by atoms with Crippen LogP contribution in [0, 0.1) is 6.92 Å². The Morgan fingerprint density at radius 2 is 1.46 bits per heavy atom. The van der Waals surface area contributed by atoms with Gasteiger partial charge >= 0.3 is 5.97 Å². The van der Waals surface area contributed by atoms with Crippen molar-refractivity contribution < 1.29 is 14.3 Å². The van der Waals surface area contributed by atoms with Crippen molar-refractivity contribution in [2.24, 2.45) is 0 Å². The number of thiophene rings is 3. The van der Waals surface area contributed by atoms with E-state index in [0.29, 0.717) is 6.42 Å². The molecule has 0 saturated heterocycles. The Labute approximate surface area is 298 Å². The molecule has 0 radical (unpaired) electrons. The van der Waals surface area contributed by atoms with Crippen LogP contribution in [-0.2, 0) is 14.9 Å². The molecule has 6 heteroatoms. The lowest BCUT2D eigenvalue weighted by molar-refractivity contribution is -0.145. The smallest absolute Gasteiger partial charge is 0.306 e. The van der Waals surface area contributed by atoms with Crippen molar-refractivity contribution in [3.8, 4) is 26.6 Å². The number of aryl methyl sites for hydroxylation is 1. The van der Waals surface area contributed by atoms with Crippen LogP contribution in [0.5, 0.6) is 5.06 Å². The Bertz CT molecular complexity index is 1900. The average molecular weight is 697 g/mol. The van der Waals surface area contributed by atoms with Crippen LogP contribution in [0.25, 0.3) is 40.4 Å². The second-order valence-corrected chi connectivity index (χ2v) is 16.6. The predicted molar refractivity (Wildman–Crippen MR) is 209 cm³/mol. The minimum atomic E-state index is -0.379. The Balaban J connectivity index is 0.980. The molecule has 0 saturated carbocycles. The van der Waals surface area contributed by atoms with Crippen molar-refractivity contribution in [2.75, 3.05) is 6.61 Å². The van der Waals surface area contributed by atoms with Gasteiger partial charge in [-0.2, -0.15) is 0 Å². The zero-order valence-corrected chi connectivity index (χ0v) is 31.1. The van der Waals surface area contributed by atoms with Crippen molar-refractivity contribution in [1.29, 1.82) is 0 Å². The summed E-state index contributed by atoms with van der Waals surface area (Å²) in [6.45, 7) is 15.0. The van der Waals surface area contributed by atoms with Crippen molar-refractivity contribution in [2.45, 2.75) is 103 Å². The van der Waals surface area contributed by atoms with Gasteiger partial charge < -0.3 is 9.47 Å². The summed E-state index contributed by atoms with van der Waals surface area (Å²) in [5.41, 5.74) is 8.53. The first-order valence-corrected chi connectivity index (χ1v) is 20.1. The number of hydrogen-bond donors (Lipinski definition) is 0. The molecule has 0 aliphatic heterocycles. The Kier molecular flexibility index (Phi) is 11.2. The fraction of sp³-hybridized carbons (Fsp3) is 0.405. The van der Waals surface area contributed by atoms with E-state index in [2.05, 4.69) is 82.5 Å². The maximum absolute atomic E-state index is 11.8. The summed E-state index contributed by atoms with van der Waals surface area (Å²) in [6.07, 6.45) is 14.7. The average Bonchev–Trinajstić information content (AvgIpc) is 3.81. The summed E-state index contributed by atoms with van der Waals surface area (Å²) < 4.78 is 17.0. The lowest BCUT2D eigenvalue weighted by atomic mass is 9.76. The van der Waals surface area contributed by atoms with E-state index in [4.69, 9.17) is 9.47 Å². The van der Waals surface area contributed by atoms with E-state index in [-0.39, 0.29) is 17.5 Å². The monoisotopic (exact) mass is 696 g/mol. The molecule has 2 aromatic carbocycles.